The number of fused-ring (bicyclic) bond motifs is 4. The zero-order valence-electron chi connectivity index (χ0n) is 19.8. The number of anilines is 1. The van der Waals surface area contributed by atoms with Crippen molar-refractivity contribution in [2.45, 2.75) is 18.9 Å². The van der Waals surface area contributed by atoms with Gasteiger partial charge in [0.25, 0.3) is 0 Å². The minimum absolute atomic E-state index is 0.292. The van der Waals surface area contributed by atoms with Crippen LogP contribution in [0.2, 0.25) is 0 Å². The van der Waals surface area contributed by atoms with Gasteiger partial charge in [0.1, 0.15) is 17.3 Å². The lowest BCUT2D eigenvalue weighted by Crippen LogP contribution is -2.41. The Labute approximate surface area is 206 Å². The first-order valence-corrected chi connectivity index (χ1v) is 12.2. The van der Waals surface area contributed by atoms with Crippen molar-refractivity contribution in [3.63, 3.8) is 0 Å². The van der Waals surface area contributed by atoms with Crippen LogP contribution in [0.25, 0.3) is 49.8 Å². The third kappa shape index (κ3) is 3.29. The van der Waals surface area contributed by atoms with Crippen LogP contribution in [0.5, 0.6) is 0 Å². The average molecular weight is 478 g/mol. The SMILES string of the molecule is CN(c1nc(-c2ccnc3[nH]c4ccc(F)cc4c23)nc2cncc(C3=CC=C3)c12)C1CCNCC1. The van der Waals surface area contributed by atoms with Crippen LogP contribution in [0.3, 0.4) is 0 Å². The number of piperidine rings is 1. The molecular formula is C28H24FN7. The van der Waals surface area contributed by atoms with E-state index < -0.39 is 0 Å². The van der Waals surface area contributed by atoms with Crippen molar-refractivity contribution in [1.29, 1.82) is 0 Å². The monoisotopic (exact) mass is 477 g/mol. The van der Waals surface area contributed by atoms with Crippen molar-refractivity contribution in [3.8, 4) is 11.4 Å². The number of nitrogens with zero attached hydrogens (tertiary/aromatic N) is 5. The molecule has 4 aromatic heterocycles. The predicted octanol–water partition coefficient (Wildman–Crippen LogP) is 5.00. The minimum Gasteiger partial charge on any atom is -0.356 e. The number of hydrogen-bond acceptors (Lipinski definition) is 6. The van der Waals surface area contributed by atoms with Gasteiger partial charge in [-0.3, -0.25) is 4.98 Å². The van der Waals surface area contributed by atoms with E-state index in [0.717, 1.165) is 75.6 Å². The Balaban J connectivity index is 1.50. The van der Waals surface area contributed by atoms with E-state index in [1.165, 1.54) is 12.1 Å². The Morgan fingerprint density at radius 1 is 1.03 bits per heavy atom. The summed E-state index contributed by atoms with van der Waals surface area (Å²) in [4.78, 5) is 24.8. The molecule has 0 unspecified atom stereocenters. The zero-order valence-corrected chi connectivity index (χ0v) is 19.8. The van der Waals surface area contributed by atoms with Crippen LogP contribution in [0, 0.1) is 5.82 Å². The number of halogens is 1. The van der Waals surface area contributed by atoms with Crippen LogP contribution in [-0.4, -0.2) is 51.1 Å². The van der Waals surface area contributed by atoms with Crippen molar-refractivity contribution < 1.29 is 4.39 Å². The number of hydrogen-bond donors (Lipinski definition) is 2. The number of aromatic amines is 1. The zero-order chi connectivity index (χ0) is 24.2. The van der Waals surface area contributed by atoms with Crippen LogP contribution in [-0.2, 0) is 0 Å². The molecule has 8 heteroatoms. The maximum atomic E-state index is 14.2. The van der Waals surface area contributed by atoms with Crippen LogP contribution >= 0.6 is 0 Å². The molecule has 0 amide bonds. The Hall–Kier alpha value is -4.17. The van der Waals surface area contributed by atoms with Crippen molar-refractivity contribution in [3.05, 3.63) is 72.5 Å². The normalized spacial score (nSPS) is 16.0. The molecule has 1 fully saturated rings. The number of rotatable bonds is 4. The van der Waals surface area contributed by atoms with Gasteiger partial charge >= 0.3 is 0 Å². The molecule has 5 aromatic rings. The van der Waals surface area contributed by atoms with Crippen LogP contribution in [0.1, 0.15) is 18.4 Å². The van der Waals surface area contributed by atoms with E-state index in [0.29, 0.717) is 17.5 Å². The highest BCUT2D eigenvalue weighted by Crippen LogP contribution is 2.38. The number of allylic oxidation sites excluding steroid dienone is 4. The van der Waals surface area contributed by atoms with E-state index in [-0.39, 0.29) is 5.82 Å². The molecule has 7 nitrogen and oxygen atoms in total. The summed E-state index contributed by atoms with van der Waals surface area (Å²) in [6.45, 7) is 1.97. The molecule has 5 heterocycles. The Morgan fingerprint density at radius 2 is 1.89 bits per heavy atom. The predicted molar refractivity (Wildman–Crippen MR) is 141 cm³/mol. The van der Waals surface area contributed by atoms with Gasteiger partial charge in [0.05, 0.1) is 17.1 Å². The molecule has 2 aliphatic rings. The van der Waals surface area contributed by atoms with Gasteiger partial charge in [-0.2, -0.15) is 0 Å². The number of pyridine rings is 2. The molecule has 0 radical (unpaired) electrons. The largest absolute Gasteiger partial charge is 0.356 e. The highest BCUT2D eigenvalue weighted by atomic mass is 19.1. The fourth-order valence-electron chi connectivity index (χ4n) is 5.37. The van der Waals surface area contributed by atoms with Crippen LogP contribution in [0.4, 0.5) is 10.2 Å². The molecule has 0 atom stereocenters. The second-order valence-electron chi connectivity index (χ2n) is 9.42. The Morgan fingerprint density at radius 3 is 2.69 bits per heavy atom. The second-order valence-corrected chi connectivity index (χ2v) is 9.42. The molecule has 36 heavy (non-hydrogen) atoms. The molecule has 178 valence electrons. The fourth-order valence-corrected chi connectivity index (χ4v) is 5.37. The molecule has 1 aromatic carbocycles. The lowest BCUT2D eigenvalue weighted by molar-refractivity contribution is 0.442. The molecule has 2 N–H and O–H groups in total. The molecular weight excluding hydrogens is 453 g/mol. The van der Waals surface area contributed by atoms with E-state index in [1.807, 2.05) is 18.3 Å². The standard InChI is InChI=1S/C28H24FN7/c1-36(18-7-10-30-11-8-18)28-25-21(16-3-2-4-16)14-31-15-23(25)34-26(35-28)19-9-12-32-27-24(19)20-13-17(29)5-6-22(20)33-27/h2-6,9,12-15,18,30H,7-8,10-11H2,1H3,(H,32,33). The summed E-state index contributed by atoms with van der Waals surface area (Å²) in [5.41, 5.74) is 5.26. The third-order valence-electron chi connectivity index (χ3n) is 7.34. The quantitative estimate of drug-likeness (QED) is 0.379. The number of aromatic nitrogens is 5. The molecule has 1 aliphatic heterocycles. The first-order chi connectivity index (χ1) is 17.7. The molecule has 0 bridgehead atoms. The van der Waals surface area contributed by atoms with Gasteiger partial charge in [-0.1, -0.05) is 18.2 Å². The number of H-pyrrole nitrogens is 1. The molecule has 0 saturated carbocycles. The van der Waals surface area contributed by atoms with Crippen molar-refractivity contribution >= 4 is 44.2 Å². The van der Waals surface area contributed by atoms with Gasteiger partial charge in [-0.05, 0) is 55.8 Å². The van der Waals surface area contributed by atoms with Gasteiger partial charge in [0, 0.05) is 52.9 Å². The maximum absolute atomic E-state index is 14.2. The minimum atomic E-state index is -0.292. The van der Waals surface area contributed by atoms with Crippen molar-refractivity contribution in [2.24, 2.45) is 0 Å². The summed E-state index contributed by atoms with van der Waals surface area (Å²) < 4.78 is 14.2. The summed E-state index contributed by atoms with van der Waals surface area (Å²) in [5.74, 6) is 1.17. The van der Waals surface area contributed by atoms with Gasteiger partial charge in [-0.25, -0.2) is 19.3 Å². The Kier molecular flexibility index (Phi) is 4.82. The van der Waals surface area contributed by atoms with E-state index in [9.17, 15) is 4.39 Å². The van der Waals surface area contributed by atoms with E-state index in [4.69, 9.17) is 9.97 Å². The van der Waals surface area contributed by atoms with Crippen LogP contribution < -0.4 is 10.2 Å². The lowest BCUT2D eigenvalue weighted by atomic mass is 9.96. The average Bonchev–Trinajstić information content (AvgIpc) is 3.25. The molecule has 7 rings (SSSR count). The second kappa shape index (κ2) is 8.20. The number of nitrogens with one attached hydrogen (secondary N) is 2. The van der Waals surface area contributed by atoms with Gasteiger partial charge in [-0.15, -0.1) is 0 Å². The summed E-state index contributed by atoms with van der Waals surface area (Å²) >= 11 is 0. The molecule has 1 saturated heterocycles. The van der Waals surface area contributed by atoms with Crippen molar-refractivity contribution in [2.75, 3.05) is 25.0 Å². The van der Waals surface area contributed by atoms with Crippen LogP contribution in [0.15, 0.2) is 61.1 Å². The van der Waals surface area contributed by atoms with Gasteiger partial charge in [0.2, 0.25) is 0 Å². The third-order valence-corrected chi connectivity index (χ3v) is 7.34. The number of benzene rings is 1. The smallest absolute Gasteiger partial charge is 0.163 e. The summed E-state index contributed by atoms with van der Waals surface area (Å²) in [7, 11) is 2.12. The first-order valence-electron chi connectivity index (χ1n) is 12.2. The highest BCUT2D eigenvalue weighted by Gasteiger charge is 2.25. The van der Waals surface area contributed by atoms with Gasteiger partial charge in [0.15, 0.2) is 5.82 Å². The van der Waals surface area contributed by atoms with E-state index in [1.54, 1.807) is 18.5 Å². The molecule has 1 aliphatic carbocycles. The summed E-state index contributed by atoms with van der Waals surface area (Å²) in [6.07, 6.45) is 13.7. The Bertz CT molecular complexity index is 1710. The van der Waals surface area contributed by atoms with Crippen molar-refractivity contribution in [1.82, 2.24) is 30.2 Å². The maximum Gasteiger partial charge on any atom is 0.163 e. The summed E-state index contributed by atoms with van der Waals surface area (Å²) in [6, 6.07) is 7.00. The highest BCUT2D eigenvalue weighted by molar-refractivity contribution is 6.13. The first kappa shape index (κ1) is 21.1. The van der Waals surface area contributed by atoms with E-state index in [2.05, 4.69) is 44.4 Å². The lowest BCUT2D eigenvalue weighted by Gasteiger charge is -2.33. The molecule has 0 spiro atoms. The van der Waals surface area contributed by atoms with Gasteiger partial charge < -0.3 is 15.2 Å². The summed E-state index contributed by atoms with van der Waals surface area (Å²) in [5, 5.41) is 6.03. The topological polar surface area (TPSA) is 82.6 Å². The fraction of sp³-hybridized carbons (Fsp3) is 0.214. The van der Waals surface area contributed by atoms with E-state index >= 15 is 0 Å².